The Labute approximate surface area is 106 Å². The maximum Gasteiger partial charge on any atom is 0.163 e. The fourth-order valence-electron chi connectivity index (χ4n) is 1.62. The van der Waals surface area contributed by atoms with Gasteiger partial charge in [0.05, 0.1) is 13.2 Å². The van der Waals surface area contributed by atoms with Gasteiger partial charge >= 0.3 is 0 Å². The summed E-state index contributed by atoms with van der Waals surface area (Å²) in [6, 6.07) is 4.22. The summed E-state index contributed by atoms with van der Waals surface area (Å²) < 4.78 is 36.6. The largest absolute Gasteiger partial charge is 0.383 e. The zero-order valence-electron chi connectivity index (χ0n) is 10.8. The van der Waals surface area contributed by atoms with E-state index in [1.54, 1.807) is 20.3 Å². The molecule has 1 rings (SSSR count). The molecule has 0 bridgehead atoms. The van der Waals surface area contributed by atoms with Gasteiger partial charge in [-0.15, -0.1) is 0 Å². The highest BCUT2D eigenvalue weighted by Crippen LogP contribution is 2.13. The van der Waals surface area contributed by atoms with Crippen molar-refractivity contribution in [3.05, 3.63) is 35.4 Å². The van der Waals surface area contributed by atoms with Crippen LogP contribution in [-0.2, 0) is 16.0 Å². The van der Waals surface area contributed by atoms with Gasteiger partial charge in [-0.25, -0.2) is 8.78 Å². The maximum absolute atomic E-state index is 13.5. The average molecular weight is 259 g/mol. The average Bonchev–Trinajstić information content (AvgIpc) is 2.38. The van der Waals surface area contributed by atoms with Gasteiger partial charge in [0.15, 0.2) is 11.6 Å². The molecule has 102 valence electrons. The molecular weight excluding hydrogens is 240 g/mol. The highest BCUT2D eigenvalue weighted by atomic mass is 19.2. The molecule has 0 amide bonds. The van der Waals surface area contributed by atoms with E-state index in [2.05, 4.69) is 0 Å². The van der Waals surface area contributed by atoms with E-state index in [1.165, 1.54) is 6.07 Å². The predicted octanol–water partition coefficient (Wildman–Crippen LogP) is 2.06. The van der Waals surface area contributed by atoms with E-state index in [1.807, 2.05) is 4.90 Å². The maximum atomic E-state index is 13.5. The summed E-state index contributed by atoms with van der Waals surface area (Å²) in [5, 5.41) is 0. The predicted molar refractivity (Wildman–Crippen MR) is 65.4 cm³/mol. The van der Waals surface area contributed by atoms with E-state index < -0.39 is 11.6 Å². The monoisotopic (exact) mass is 259 g/mol. The lowest BCUT2D eigenvalue weighted by Gasteiger charge is -2.21. The van der Waals surface area contributed by atoms with Crippen LogP contribution >= 0.6 is 0 Å². The fourth-order valence-corrected chi connectivity index (χ4v) is 1.62. The molecule has 0 N–H and O–H groups in total. The molecule has 5 heteroatoms. The molecule has 0 aromatic heterocycles. The van der Waals surface area contributed by atoms with Gasteiger partial charge in [0.2, 0.25) is 0 Å². The van der Waals surface area contributed by atoms with E-state index >= 15 is 0 Å². The Kier molecular flexibility index (Phi) is 6.78. The second kappa shape index (κ2) is 8.13. The van der Waals surface area contributed by atoms with E-state index in [-0.39, 0.29) is 0 Å². The third-order valence-corrected chi connectivity index (χ3v) is 2.65. The summed E-state index contributed by atoms with van der Waals surface area (Å²) in [5.74, 6) is -1.59. The van der Waals surface area contributed by atoms with Crippen molar-refractivity contribution in [1.82, 2.24) is 4.90 Å². The van der Waals surface area contributed by atoms with Crippen LogP contribution in [0.3, 0.4) is 0 Å². The molecule has 0 radical (unpaired) electrons. The zero-order chi connectivity index (χ0) is 13.4. The number of methoxy groups -OCH3 is 2. The topological polar surface area (TPSA) is 21.7 Å². The van der Waals surface area contributed by atoms with E-state index in [0.717, 1.165) is 6.07 Å². The third-order valence-electron chi connectivity index (χ3n) is 2.65. The molecule has 0 aliphatic rings. The highest BCUT2D eigenvalue weighted by Gasteiger charge is 2.12. The second-order valence-electron chi connectivity index (χ2n) is 3.97. The fraction of sp³-hybridized carbons (Fsp3) is 0.538. The van der Waals surface area contributed by atoms with Gasteiger partial charge in [-0.2, -0.15) is 0 Å². The number of benzene rings is 1. The molecule has 0 atom stereocenters. The zero-order valence-corrected chi connectivity index (χ0v) is 10.8. The van der Waals surface area contributed by atoms with Crippen LogP contribution in [0.5, 0.6) is 0 Å². The SMILES string of the molecule is COCCN(CCOC)Cc1cccc(F)c1F. The molecule has 0 aliphatic heterocycles. The van der Waals surface area contributed by atoms with Crippen LogP contribution in [0.15, 0.2) is 18.2 Å². The van der Waals surface area contributed by atoms with Gasteiger partial charge in [0, 0.05) is 39.4 Å². The van der Waals surface area contributed by atoms with Crippen LogP contribution in [0.25, 0.3) is 0 Å². The molecule has 1 aromatic rings. The number of hydrogen-bond acceptors (Lipinski definition) is 3. The number of hydrogen-bond donors (Lipinski definition) is 0. The molecular formula is C13H19F2NO2. The van der Waals surface area contributed by atoms with Gasteiger partial charge in [-0.3, -0.25) is 4.90 Å². The molecule has 18 heavy (non-hydrogen) atoms. The quantitative estimate of drug-likeness (QED) is 0.713. The normalized spacial score (nSPS) is 11.2. The Hall–Kier alpha value is -1.04. The molecule has 0 spiro atoms. The van der Waals surface area contributed by atoms with E-state index in [0.29, 0.717) is 38.4 Å². The van der Waals surface area contributed by atoms with Crippen molar-refractivity contribution in [3.8, 4) is 0 Å². The van der Waals surface area contributed by atoms with Crippen molar-refractivity contribution in [2.24, 2.45) is 0 Å². The number of rotatable bonds is 8. The summed E-state index contributed by atoms with van der Waals surface area (Å²) in [6.45, 7) is 2.73. The van der Waals surface area contributed by atoms with Crippen LogP contribution in [0.1, 0.15) is 5.56 Å². The lowest BCUT2D eigenvalue weighted by atomic mass is 10.2. The minimum atomic E-state index is -0.814. The van der Waals surface area contributed by atoms with Gasteiger partial charge in [0.25, 0.3) is 0 Å². The van der Waals surface area contributed by atoms with E-state index in [4.69, 9.17) is 9.47 Å². The molecule has 0 saturated carbocycles. The van der Waals surface area contributed by atoms with Crippen molar-refractivity contribution >= 4 is 0 Å². The van der Waals surface area contributed by atoms with Crippen molar-refractivity contribution in [1.29, 1.82) is 0 Å². The Morgan fingerprint density at radius 1 is 1.06 bits per heavy atom. The van der Waals surface area contributed by atoms with E-state index in [9.17, 15) is 8.78 Å². The van der Waals surface area contributed by atoms with Gasteiger partial charge in [-0.05, 0) is 6.07 Å². The summed E-state index contributed by atoms with van der Waals surface area (Å²) in [6.07, 6.45) is 0. The summed E-state index contributed by atoms with van der Waals surface area (Å²) >= 11 is 0. The van der Waals surface area contributed by atoms with Crippen molar-refractivity contribution in [3.63, 3.8) is 0 Å². The minimum absolute atomic E-state index is 0.344. The number of ether oxygens (including phenoxy) is 2. The molecule has 0 saturated heterocycles. The summed E-state index contributed by atoms with van der Waals surface area (Å²) in [4.78, 5) is 1.96. The van der Waals surface area contributed by atoms with Crippen LogP contribution in [0.2, 0.25) is 0 Å². The molecule has 0 fully saturated rings. The van der Waals surface area contributed by atoms with Crippen LogP contribution in [-0.4, -0.2) is 45.4 Å². The van der Waals surface area contributed by atoms with Crippen molar-refractivity contribution < 1.29 is 18.3 Å². The van der Waals surface area contributed by atoms with Crippen LogP contribution in [0.4, 0.5) is 8.78 Å². The standard InChI is InChI=1S/C13H19F2NO2/c1-17-8-6-16(7-9-18-2)10-11-4-3-5-12(14)13(11)15/h3-5H,6-10H2,1-2H3. The van der Waals surface area contributed by atoms with Crippen LogP contribution < -0.4 is 0 Å². The lowest BCUT2D eigenvalue weighted by molar-refractivity contribution is 0.109. The summed E-state index contributed by atoms with van der Waals surface area (Å²) in [7, 11) is 3.22. The Balaban J connectivity index is 2.65. The third kappa shape index (κ3) is 4.68. The van der Waals surface area contributed by atoms with Crippen molar-refractivity contribution in [2.45, 2.75) is 6.54 Å². The Morgan fingerprint density at radius 3 is 2.22 bits per heavy atom. The molecule has 0 heterocycles. The number of nitrogens with zero attached hydrogens (tertiary/aromatic N) is 1. The smallest absolute Gasteiger partial charge is 0.163 e. The van der Waals surface area contributed by atoms with Crippen molar-refractivity contribution in [2.75, 3.05) is 40.5 Å². The van der Waals surface area contributed by atoms with Crippen LogP contribution in [0, 0.1) is 11.6 Å². The lowest BCUT2D eigenvalue weighted by Crippen LogP contribution is -2.30. The molecule has 3 nitrogen and oxygen atoms in total. The first-order chi connectivity index (χ1) is 8.69. The minimum Gasteiger partial charge on any atom is -0.383 e. The van der Waals surface area contributed by atoms with Gasteiger partial charge in [-0.1, -0.05) is 12.1 Å². The first-order valence-electron chi connectivity index (χ1n) is 5.82. The van der Waals surface area contributed by atoms with Gasteiger partial charge in [0.1, 0.15) is 0 Å². The Bertz CT molecular complexity index is 353. The highest BCUT2D eigenvalue weighted by molar-refractivity contribution is 5.18. The molecule has 0 aliphatic carbocycles. The first-order valence-corrected chi connectivity index (χ1v) is 5.82. The second-order valence-corrected chi connectivity index (χ2v) is 3.97. The molecule has 0 unspecified atom stereocenters. The van der Waals surface area contributed by atoms with Gasteiger partial charge < -0.3 is 9.47 Å². The Morgan fingerprint density at radius 2 is 1.67 bits per heavy atom. The summed E-state index contributed by atoms with van der Waals surface area (Å²) in [5.41, 5.74) is 0.349. The number of halogens is 2. The molecule has 1 aromatic carbocycles. The first kappa shape index (κ1) is 15.0.